The summed E-state index contributed by atoms with van der Waals surface area (Å²) in [6, 6.07) is 6.44. The van der Waals surface area contributed by atoms with Crippen molar-refractivity contribution >= 4 is 23.5 Å². The Labute approximate surface area is 217 Å². The van der Waals surface area contributed by atoms with E-state index in [1.165, 1.54) is 13.0 Å². The van der Waals surface area contributed by atoms with E-state index in [1.807, 2.05) is 6.07 Å². The third-order valence-electron chi connectivity index (χ3n) is 5.75. The van der Waals surface area contributed by atoms with Crippen LogP contribution in [0.15, 0.2) is 29.1 Å². The van der Waals surface area contributed by atoms with Crippen LogP contribution in [0.5, 0.6) is 17.2 Å². The number of hydrogen-bond acceptors (Lipinski definition) is 10. The van der Waals surface area contributed by atoms with Gasteiger partial charge in [-0.1, -0.05) is 6.07 Å². The lowest BCUT2D eigenvalue weighted by Crippen LogP contribution is -2.39. The van der Waals surface area contributed by atoms with Gasteiger partial charge in [-0.2, -0.15) is 0 Å². The number of carboxylic acids is 2. The SMILES string of the molecule is COc1cc2c(c(OC)c1OC)-c1ccc(N)c(=O)cc1[C@@H](NC(C)=O)CC2.O=C(O)C(O)C(O)C(=O)O. The number of nitrogens with one attached hydrogen (secondary N) is 1. The zero-order valence-electron chi connectivity index (χ0n) is 21.2. The minimum Gasteiger partial charge on any atom is -0.493 e. The molecule has 1 aliphatic rings. The Kier molecular flexibility index (Phi) is 10.0. The number of hydrogen-bond donors (Lipinski definition) is 6. The van der Waals surface area contributed by atoms with E-state index < -0.39 is 24.1 Å². The second-order valence-electron chi connectivity index (χ2n) is 8.20. The number of aryl methyl sites for hydroxylation is 1. The molecule has 3 atom stereocenters. The summed E-state index contributed by atoms with van der Waals surface area (Å²) in [5.41, 5.74) is 8.95. The van der Waals surface area contributed by atoms with Gasteiger partial charge in [0.2, 0.25) is 17.1 Å². The Bertz CT molecular complexity index is 1260. The van der Waals surface area contributed by atoms with Crippen molar-refractivity contribution in [2.45, 2.75) is 38.0 Å². The monoisotopic (exact) mass is 534 g/mol. The number of aliphatic carboxylic acids is 2. The van der Waals surface area contributed by atoms with Gasteiger partial charge in [-0.15, -0.1) is 0 Å². The number of nitrogen functional groups attached to an aromatic ring is 1. The maximum Gasteiger partial charge on any atom is 0.335 e. The molecule has 0 bridgehead atoms. The predicted molar refractivity (Wildman–Crippen MR) is 134 cm³/mol. The molecule has 0 saturated heterocycles. The van der Waals surface area contributed by atoms with Crippen molar-refractivity contribution in [3.8, 4) is 28.4 Å². The van der Waals surface area contributed by atoms with Gasteiger partial charge in [0.15, 0.2) is 23.7 Å². The highest BCUT2D eigenvalue weighted by molar-refractivity contribution is 5.84. The maximum atomic E-state index is 12.4. The molecule has 38 heavy (non-hydrogen) atoms. The Balaban J connectivity index is 0.000000432. The Morgan fingerprint density at radius 1 is 0.974 bits per heavy atom. The number of carbonyl (C=O) groups excluding carboxylic acids is 1. The molecule has 13 nitrogen and oxygen atoms in total. The summed E-state index contributed by atoms with van der Waals surface area (Å²) in [5.74, 6) is -2.17. The largest absolute Gasteiger partial charge is 0.493 e. The number of rotatable bonds is 7. The van der Waals surface area contributed by atoms with E-state index in [9.17, 15) is 19.2 Å². The van der Waals surface area contributed by atoms with Gasteiger partial charge in [-0.05, 0) is 47.7 Å². The van der Waals surface area contributed by atoms with E-state index in [1.54, 1.807) is 33.5 Å². The summed E-state index contributed by atoms with van der Waals surface area (Å²) >= 11 is 0. The molecule has 2 aromatic carbocycles. The lowest BCUT2D eigenvalue weighted by molar-refractivity contribution is -0.165. The van der Waals surface area contributed by atoms with Gasteiger partial charge in [-0.25, -0.2) is 9.59 Å². The topological polar surface area (TPSA) is 215 Å². The standard InChI is InChI=1S/C21H24N2O5.C4H6O6/c1-11(24)23-16-8-5-12-9-18(26-2)20(27-3)21(28-4)19(12)13-6-7-15(22)17(25)10-14(13)16;5-1(3(7)8)2(6)4(9)10/h6-7,9-10,16H,5,8H2,1-4H3,(H2,22,25)(H,23,24);1-2,5-6H,(H,7,8)(H,9,10)/t16-;/m0./s1. The van der Waals surface area contributed by atoms with Crippen LogP contribution in [-0.4, -0.2) is 71.8 Å². The minimum absolute atomic E-state index is 0.135. The summed E-state index contributed by atoms with van der Waals surface area (Å²) in [4.78, 5) is 43.7. The van der Waals surface area contributed by atoms with E-state index in [0.29, 0.717) is 35.7 Å². The molecule has 0 spiro atoms. The highest BCUT2D eigenvalue weighted by Crippen LogP contribution is 2.50. The number of amides is 1. The summed E-state index contributed by atoms with van der Waals surface area (Å²) in [5, 5.41) is 35.5. The molecule has 3 rings (SSSR count). The summed E-state index contributed by atoms with van der Waals surface area (Å²) in [7, 11) is 4.67. The van der Waals surface area contributed by atoms with Gasteiger partial charge >= 0.3 is 11.9 Å². The summed E-state index contributed by atoms with van der Waals surface area (Å²) < 4.78 is 16.7. The number of nitrogens with two attached hydrogens (primary N) is 1. The molecule has 2 unspecified atom stereocenters. The van der Waals surface area contributed by atoms with Crippen molar-refractivity contribution < 1.29 is 49.0 Å². The lowest BCUT2D eigenvalue weighted by atomic mass is 9.95. The third kappa shape index (κ3) is 6.49. The number of methoxy groups -OCH3 is 3. The molecule has 1 aliphatic carbocycles. The first-order valence-electron chi connectivity index (χ1n) is 11.2. The zero-order valence-corrected chi connectivity index (χ0v) is 21.2. The number of benzene rings is 1. The van der Waals surface area contributed by atoms with Crippen LogP contribution in [0, 0.1) is 0 Å². The third-order valence-corrected chi connectivity index (χ3v) is 5.75. The minimum atomic E-state index is -2.27. The number of carboxylic acid groups (broad SMARTS) is 2. The van der Waals surface area contributed by atoms with Crippen LogP contribution in [-0.2, 0) is 20.8 Å². The van der Waals surface area contributed by atoms with Crippen LogP contribution in [0.4, 0.5) is 5.69 Å². The lowest BCUT2D eigenvalue weighted by Gasteiger charge is -2.19. The molecule has 0 aromatic heterocycles. The number of anilines is 1. The fourth-order valence-electron chi connectivity index (χ4n) is 3.99. The number of carbonyl (C=O) groups is 3. The van der Waals surface area contributed by atoms with E-state index in [-0.39, 0.29) is 23.1 Å². The molecule has 2 aromatic rings. The maximum absolute atomic E-state index is 12.4. The average molecular weight is 535 g/mol. The van der Waals surface area contributed by atoms with Crippen molar-refractivity contribution in [2.24, 2.45) is 0 Å². The molecule has 13 heteroatoms. The van der Waals surface area contributed by atoms with Crippen LogP contribution in [0.1, 0.15) is 30.5 Å². The van der Waals surface area contributed by atoms with E-state index in [4.69, 9.17) is 40.4 Å². The quantitative estimate of drug-likeness (QED) is 0.283. The van der Waals surface area contributed by atoms with Gasteiger partial charge in [-0.3, -0.25) is 9.59 Å². The molecule has 0 radical (unpaired) electrons. The van der Waals surface area contributed by atoms with Crippen LogP contribution < -0.4 is 30.7 Å². The highest BCUT2D eigenvalue weighted by atomic mass is 16.5. The number of aliphatic hydroxyl groups excluding tert-OH is 2. The number of fused-ring (bicyclic) bond motifs is 3. The Morgan fingerprint density at radius 3 is 2.03 bits per heavy atom. The van der Waals surface area contributed by atoms with E-state index in [0.717, 1.165) is 16.7 Å². The Hall–Kier alpha value is -4.36. The molecule has 7 N–H and O–H groups in total. The van der Waals surface area contributed by atoms with Crippen molar-refractivity contribution in [2.75, 3.05) is 27.1 Å². The normalized spacial score (nSPS) is 15.2. The van der Waals surface area contributed by atoms with Gasteiger partial charge < -0.3 is 45.7 Å². The van der Waals surface area contributed by atoms with Crippen LogP contribution >= 0.6 is 0 Å². The number of ether oxygens (including phenoxy) is 3. The Morgan fingerprint density at radius 2 is 1.55 bits per heavy atom. The molecule has 206 valence electrons. The molecular formula is C25H30N2O11. The first kappa shape index (κ1) is 29.9. The first-order valence-corrected chi connectivity index (χ1v) is 11.2. The molecule has 1 amide bonds. The highest BCUT2D eigenvalue weighted by Gasteiger charge is 2.30. The van der Waals surface area contributed by atoms with E-state index >= 15 is 0 Å². The van der Waals surface area contributed by atoms with Crippen LogP contribution in [0.2, 0.25) is 0 Å². The summed E-state index contributed by atoms with van der Waals surface area (Å²) in [6.07, 6.45) is -3.27. The zero-order chi connectivity index (χ0) is 28.7. The van der Waals surface area contributed by atoms with Crippen molar-refractivity contribution in [1.29, 1.82) is 0 Å². The smallest absolute Gasteiger partial charge is 0.335 e. The molecule has 0 aliphatic heterocycles. The van der Waals surface area contributed by atoms with Crippen molar-refractivity contribution in [1.82, 2.24) is 5.32 Å². The molecule has 0 fully saturated rings. The van der Waals surface area contributed by atoms with Gasteiger partial charge in [0, 0.05) is 12.5 Å². The van der Waals surface area contributed by atoms with Crippen molar-refractivity contribution in [3.05, 3.63) is 45.6 Å². The molecule has 0 heterocycles. The predicted octanol–water partition coefficient (Wildman–Crippen LogP) is 0.323. The van der Waals surface area contributed by atoms with Crippen molar-refractivity contribution in [3.63, 3.8) is 0 Å². The van der Waals surface area contributed by atoms with Gasteiger partial charge in [0.25, 0.3) is 0 Å². The fraction of sp³-hybridized carbons (Fsp3) is 0.360. The number of aliphatic hydroxyl groups is 2. The van der Waals surface area contributed by atoms with E-state index in [2.05, 4.69) is 5.32 Å². The first-order chi connectivity index (χ1) is 17.9. The molecular weight excluding hydrogens is 504 g/mol. The van der Waals surface area contributed by atoms with Crippen LogP contribution in [0.3, 0.4) is 0 Å². The molecule has 0 saturated carbocycles. The van der Waals surface area contributed by atoms with Crippen LogP contribution in [0.25, 0.3) is 11.1 Å². The van der Waals surface area contributed by atoms with Gasteiger partial charge in [0.1, 0.15) is 0 Å². The summed E-state index contributed by atoms with van der Waals surface area (Å²) in [6.45, 7) is 1.46. The van der Waals surface area contributed by atoms with Gasteiger partial charge in [0.05, 0.1) is 33.1 Å². The second kappa shape index (κ2) is 12.7. The fourth-order valence-corrected chi connectivity index (χ4v) is 3.99. The second-order valence-corrected chi connectivity index (χ2v) is 8.20. The average Bonchev–Trinajstić information content (AvgIpc) is 3.10.